The monoisotopic (exact) mass is 456 g/mol. The first-order valence-corrected chi connectivity index (χ1v) is 11.7. The molecule has 1 aliphatic heterocycles. The van der Waals surface area contributed by atoms with Crippen LogP contribution in [-0.2, 0) is 19.4 Å². The number of aryl methyl sites for hydroxylation is 2. The molecule has 0 bridgehead atoms. The van der Waals surface area contributed by atoms with Gasteiger partial charge in [-0.2, -0.15) is 0 Å². The van der Waals surface area contributed by atoms with Gasteiger partial charge in [-0.3, -0.25) is 14.5 Å². The number of thiophene rings is 1. The lowest BCUT2D eigenvalue weighted by Gasteiger charge is -2.34. The number of carbonyl (C=O) groups excluding carboxylic acids is 1. The Morgan fingerprint density at radius 3 is 2.75 bits per heavy atom. The van der Waals surface area contributed by atoms with Crippen molar-refractivity contribution in [3.8, 4) is 5.75 Å². The van der Waals surface area contributed by atoms with E-state index in [2.05, 4.69) is 9.88 Å². The fourth-order valence-corrected chi connectivity index (χ4v) is 5.87. The molecule has 0 atom stereocenters. The molecule has 1 fully saturated rings. The molecule has 0 radical (unpaired) electrons. The van der Waals surface area contributed by atoms with E-state index < -0.39 is 5.82 Å². The largest absolute Gasteiger partial charge is 0.494 e. The van der Waals surface area contributed by atoms with Crippen LogP contribution in [0.15, 0.2) is 23.0 Å². The third kappa shape index (κ3) is 3.91. The minimum atomic E-state index is -0.544. The molecule has 1 saturated heterocycles. The number of nitrogens with zero attached hydrogens (tertiary/aromatic N) is 3. The summed E-state index contributed by atoms with van der Waals surface area (Å²) in [6, 6.07) is 4.28. The summed E-state index contributed by atoms with van der Waals surface area (Å²) in [5, 5.41) is 0.774. The van der Waals surface area contributed by atoms with Crippen molar-refractivity contribution in [2.75, 3.05) is 33.3 Å². The zero-order valence-corrected chi connectivity index (χ0v) is 18.8. The Morgan fingerprint density at radius 2 is 2.00 bits per heavy atom. The third-order valence-electron chi connectivity index (χ3n) is 6.31. The number of amides is 1. The maximum atomic E-state index is 14.0. The second kappa shape index (κ2) is 8.63. The molecular formula is C23H25FN4O3S. The van der Waals surface area contributed by atoms with E-state index >= 15 is 0 Å². The highest BCUT2D eigenvalue weighted by molar-refractivity contribution is 7.18. The molecule has 0 spiro atoms. The van der Waals surface area contributed by atoms with Crippen molar-refractivity contribution in [2.45, 2.75) is 32.2 Å². The van der Waals surface area contributed by atoms with Gasteiger partial charge in [0.05, 0.1) is 19.0 Å². The Bertz CT molecular complexity index is 1230. The summed E-state index contributed by atoms with van der Waals surface area (Å²) < 4.78 is 18.9. The summed E-state index contributed by atoms with van der Waals surface area (Å²) in [5.41, 5.74) is 1.47. The van der Waals surface area contributed by atoms with Crippen LogP contribution in [0.2, 0.25) is 0 Å². The number of hydrogen-bond acceptors (Lipinski definition) is 6. The molecule has 1 N–H and O–H groups in total. The van der Waals surface area contributed by atoms with Crippen molar-refractivity contribution in [1.82, 2.24) is 19.8 Å². The molecular weight excluding hydrogens is 431 g/mol. The molecule has 1 amide bonds. The van der Waals surface area contributed by atoms with Gasteiger partial charge in [0.1, 0.15) is 10.7 Å². The number of piperazine rings is 1. The first kappa shape index (κ1) is 21.1. The maximum Gasteiger partial charge on any atom is 0.259 e. The number of benzene rings is 1. The predicted molar refractivity (Wildman–Crippen MR) is 121 cm³/mol. The summed E-state index contributed by atoms with van der Waals surface area (Å²) in [5.74, 6) is 0.0514. The molecule has 7 nitrogen and oxygen atoms in total. The minimum absolute atomic E-state index is 0.0419. The minimum Gasteiger partial charge on any atom is -0.494 e. The van der Waals surface area contributed by atoms with Crippen LogP contribution in [-0.4, -0.2) is 59.0 Å². The van der Waals surface area contributed by atoms with Crippen molar-refractivity contribution in [2.24, 2.45) is 0 Å². The van der Waals surface area contributed by atoms with Crippen LogP contribution in [0.5, 0.6) is 5.75 Å². The molecule has 3 heterocycles. The fraction of sp³-hybridized carbons (Fsp3) is 0.435. The lowest BCUT2D eigenvalue weighted by molar-refractivity contribution is 0.0625. The molecule has 0 unspecified atom stereocenters. The van der Waals surface area contributed by atoms with E-state index in [1.807, 2.05) is 0 Å². The maximum absolute atomic E-state index is 14.0. The van der Waals surface area contributed by atoms with Gasteiger partial charge in [-0.25, -0.2) is 9.37 Å². The summed E-state index contributed by atoms with van der Waals surface area (Å²) in [4.78, 5) is 39.3. The van der Waals surface area contributed by atoms with Crippen LogP contribution in [0.3, 0.4) is 0 Å². The average molecular weight is 457 g/mol. The second-order valence-corrected chi connectivity index (χ2v) is 9.40. The van der Waals surface area contributed by atoms with E-state index in [1.54, 1.807) is 22.3 Å². The van der Waals surface area contributed by atoms with Crippen molar-refractivity contribution in [1.29, 1.82) is 0 Å². The number of methoxy groups -OCH3 is 1. The Labute approximate surface area is 188 Å². The molecule has 3 aromatic rings. The Morgan fingerprint density at radius 1 is 1.22 bits per heavy atom. The predicted octanol–water partition coefficient (Wildman–Crippen LogP) is 2.97. The Kier molecular flexibility index (Phi) is 5.69. The second-order valence-electron chi connectivity index (χ2n) is 8.32. The van der Waals surface area contributed by atoms with E-state index in [0.717, 1.165) is 29.5 Å². The number of carbonyl (C=O) groups is 1. The number of H-pyrrole nitrogens is 1. The zero-order valence-electron chi connectivity index (χ0n) is 17.9. The first-order chi connectivity index (χ1) is 15.5. The molecule has 1 aliphatic carbocycles. The number of nitrogens with one attached hydrogen (secondary N) is 1. The lowest BCUT2D eigenvalue weighted by Crippen LogP contribution is -2.48. The smallest absolute Gasteiger partial charge is 0.259 e. The van der Waals surface area contributed by atoms with E-state index in [0.29, 0.717) is 44.1 Å². The van der Waals surface area contributed by atoms with Gasteiger partial charge in [0, 0.05) is 36.6 Å². The van der Waals surface area contributed by atoms with Gasteiger partial charge in [0.15, 0.2) is 11.6 Å². The van der Waals surface area contributed by atoms with Gasteiger partial charge in [0.25, 0.3) is 11.5 Å². The highest BCUT2D eigenvalue weighted by atomic mass is 32.1. The van der Waals surface area contributed by atoms with E-state index in [9.17, 15) is 14.0 Å². The van der Waals surface area contributed by atoms with Gasteiger partial charge >= 0.3 is 0 Å². The summed E-state index contributed by atoms with van der Waals surface area (Å²) >= 11 is 1.65. The number of halogens is 1. The quantitative estimate of drug-likeness (QED) is 0.653. The highest BCUT2D eigenvalue weighted by Gasteiger charge is 2.24. The van der Waals surface area contributed by atoms with E-state index in [-0.39, 0.29) is 17.2 Å². The Hall–Kier alpha value is -2.78. The van der Waals surface area contributed by atoms with E-state index in [4.69, 9.17) is 9.72 Å². The molecule has 2 aromatic heterocycles. The molecule has 2 aliphatic rings. The number of rotatable bonds is 4. The molecule has 1 aromatic carbocycles. The normalized spacial score (nSPS) is 16.9. The van der Waals surface area contributed by atoms with Gasteiger partial charge in [-0.05, 0) is 49.4 Å². The van der Waals surface area contributed by atoms with Gasteiger partial charge < -0.3 is 14.6 Å². The van der Waals surface area contributed by atoms with Gasteiger partial charge in [-0.1, -0.05) is 0 Å². The average Bonchev–Trinajstić information content (AvgIpc) is 3.18. The van der Waals surface area contributed by atoms with Crippen LogP contribution >= 0.6 is 11.3 Å². The van der Waals surface area contributed by atoms with Crippen LogP contribution in [0.25, 0.3) is 10.2 Å². The summed E-state index contributed by atoms with van der Waals surface area (Å²) in [6.07, 6.45) is 4.32. The van der Waals surface area contributed by atoms with Crippen molar-refractivity contribution < 1.29 is 13.9 Å². The number of aromatic amines is 1. The number of fused-ring (bicyclic) bond motifs is 3. The Balaban J connectivity index is 1.25. The van der Waals surface area contributed by atoms with E-state index in [1.165, 1.54) is 36.1 Å². The van der Waals surface area contributed by atoms with Gasteiger partial charge in [-0.15, -0.1) is 11.3 Å². The molecule has 9 heteroatoms. The number of ether oxygens (including phenoxy) is 1. The van der Waals surface area contributed by atoms with Crippen LogP contribution in [0.1, 0.15) is 39.5 Å². The van der Waals surface area contributed by atoms with Crippen molar-refractivity contribution in [3.05, 3.63) is 56.2 Å². The molecule has 5 rings (SSSR count). The fourth-order valence-electron chi connectivity index (χ4n) is 4.59. The van der Waals surface area contributed by atoms with Gasteiger partial charge in [0.2, 0.25) is 0 Å². The number of aromatic nitrogens is 2. The topological polar surface area (TPSA) is 78.5 Å². The summed E-state index contributed by atoms with van der Waals surface area (Å²) in [6.45, 7) is 2.92. The summed E-state index contributed by atoms with van der Waals surface area (Å²) in [7, 11) is 1.39. The molecule has 0 saturated carbocycles. The zero-order chi connectivity index (χ0) is 22.2. The van der Waals surface area contributed by atoms with Crippen molar-refractivity contribution >= 4 is 27.5 Å². The highest BCUT2D eigenvalue weighted by Crippen LogP contribution is 2.33. The van der Waals surface area contributed by atoms with Crippen molar-refractivity contribution in [3.63, 3.8) is 0 Å². The molecule has 32 heavy (non-hydrogen) atoms. The first-order valence-electron chi connectivity index (χ1n) is 10.9. The molecule has 168 valence electrons. The third-order valence-corrected chi connectivity index (χ3v) is 7.49. The standard InChI is InChI=1S/C23H25FN4O3S/c1-31-17-7-6-14(12-16(17)24)23(30)28-10-8-27(9-11-28)13-19-25-21(29)20-15-4-2-3-5-18(15)32-22(20)26-19/h6-7,12H,2-5,8-11,13H2,1H3,(H,25,26,29). The SMILES string of the molecule is COc1ccc(C(=O)N2CCN(Cc3nc4sc5c(c4c(=O)[nH]3)CCCC5)CC2)cc1F. The van der Waals surface area contributed by atoms with Crippen LogP contribution < -0.4 is 10.3 Å². The lowest BCUT2D eigenvalue weighted by atomic mass is 9.97. The van der Waals surface area contributed by atoms with Crippen LogP contribution in [0.4, 0.5) is 4.39 Å². The van der Waals surface area contributed by atoms with Crippen LogP contribution in [0, 0.1) is 5.82 Å². The number of hydrogen-bond donors (Lipinski definition) is 1.